The summed E-state index contributed by atoms with van der Waals surface area (Å²) in [5.74, 6) is 0.400. The number of aryl methyl sites for hydroxylation is 2. The number of rotatable bonds is 8. The van der Waals surface area contributed by atoms with Gasteiger partial charge in [0, 0.05) is 17.3 Å². The Labute approximate surface area is 189 Å². The first-order valence-corrected chi connectivity index (χ1v) is 11.8. The minimum atomic E-state index is -3.60. The maximum Gasteiger partial charge on any atom is 0.255 e. The first kappa shape index (κ1) is 23.5. The molecule has 3 aromatic carbocycles. The maximum atomic E-state index is 12.6. The molecule has 6 nitrogen and oxygen atoms in total. The Bertz CT molecular complexity index is 1200. The molecule has 32 heavy (non-hydrogen) atoms. The van der Waals surface area contributed by atoms with E-state index in [1.54, 1.807) is 19.9 Å². The number of anilines is 1. The fourth-order valence-corrected chi connectivity index (χ4v) is 4.44. The third kappa shape index (κ3) is 6.18. The molecule has 2 N–H and O–H groups in total. The van der Waals surface area contributed by atoms with Crippen molar-refractivity contribution in [3.05, 3.63) is 89.0 Å². The Balaban J connectivity index is 1.64. The number of sulfonamides is 1. The van der Waals surface area contributed by atoms with Crippen molar-refractivity contribution < 1.29 is 17.9 Å². The first-order chi connectivity index (χ1) is 15.1. The van der Waals surface area contributed by atoms with Crippen molar-refractivity contribution in [2.24, 2.45) is 0 Å². The Morgan fingerprint density at radius 3 is 2.31 bits per heavy atom. The van der Waals surface area contributed by atoms with E-state index in [1.807, 2.05) is 44.2 Å². The van der Waals surface area contributed by atoms with Gasteiger partial charge in [-0.2, -0.15) is 0 Å². The van der Waals surface area contributed by atoms with Gasteiger partial charge in [-0.15, -0.1) is 0 Å². The van der Waals surface area contributed by atoms with E-state index in [-0.39, 0.29) is 16.8 Å². The Hall–Kier alpha value is -3.16. The van der Waals surface area contributed by atoms with Crippen LogP contribution in [0.4, 0.5) is 5.69 Å². The van der Waals surface area contributed by atoms with Gasteiger partial charge in [-0.1, -0.05) is 29.8 Å². The van der Waals surface area contributed by atoms with Crippen LogP contribution in [0.2, 0.25) is 0 Å². The highest BCUT2D eigenvalue weighted by molar-refractivity contribution is 7.89. The van der Waals surface area contributed by atoms with Crippen molar-refractivity contribution in [3.63, 3.8) is 0 Å². The lowest BCUT2D eigenvalue weighted by Gasteiger charge is -2.12. The predicted molar refractivity (Wildman–Crippen MR) is 127 cm³/mol. The molecular formula is C25H28N2O4S. The second-order valence-electron chi connectivity index (χ2n) is 8.01. The molecule has 0 heterocycles. The topological polar surface area (TPSA) is 84.5 Å². The van der Waals surface area contributed by atoms with Crippen molar-refractivity contribution in [2.75, 3.05) is 5.32 Å². The van der Waals surface area contributed by atoms with Crippen LogP contribution in [-0.4, -0.2) is 20.4 Å². The smallest absolute Gasteiger partial charge is 0.255 e. The predicted octanol–water partition coefficient (Wildman–Crippen LogP) is 4.82. The molecule has 7 heteroatoms. The summed E-state index contributed by atoms with van der Waals surface area (Å²) < 4.78 is 32.8. The number of benzene rings is 3. The van der Waals surface area contributed by atoms with E-state index in [0.29, 0.717) is 23.6 Å². The van der Waals surface area contributed by atoms with Crippen LogP contribution in [0.15, 0.2) is 71.6 Å². The molecule has 0 aromatic heterocycles. The molecule has 3 rings (SSSR count). The number of amides is 1. The fourth-order valence-electron chi connectivity index (χ4n) is 3.19. The highest BCUT2D eigenvalue weighted by Gasteiger charge is 2.16. The summed E-state index contributed by atoms with van der Waals surface area (Å²) in [5.41, 5.74) is 4.17. The molecular weight excluding hydrogens is 424 g/mol. The monoisotopic (exact) mass is 452 g/mol. The molecule has 0 aliphatic rings. The zero-order chi connectivity index (χ0) is 23.3. The molecule has 0 unspecified atom stereocenters. The van der Waals surface area contributed by atoms with E-state index in [9.17, 15) is 13.2 Å². The number of hydrogen-bond acceptors (Lipinski definition) is 4. The standard InChI is InChI=1S/C25H28N2O4S/c1-17(2)27-32(29,30)23-11-8-21(9-12-23)25(28)26-24-13-10-22(15-19(24)4)31-16-20-7-5-6-18(3)14-20/h5-15,17,27H,16H2,1-4H3,(H,26,28). The number of carbonyl (C=O) groups excluding carboxylic acids is 1. The molecule has 0 spiro atoms. The molecule has 0 bridgehead atoms. The van der Waals surface area contributed by atoms with Crippen LogP contribution in [0.25, 0.3) is 0 Å². The lowest BCUT2D eigenvalue weighted by molar-refractivity contribution is 0.102. The maximum absolute atomic E-state index is 12.6. The highest BCUT2D eigenvalue weighted by Crippen LogP contribution is 2.23. The van der Waals surface area contributed by atoms with Crippen molar-refractivity contribution in [2.45, 2.75) is 45.2 Å². The quantitative estimate of drug-likeness (QED) is 0.513. The number of carbonyl (C=O) groups is 1. The third-order valence-electron chi connectivity index (χ3n) is 4.75. The van der Waals surface area contributed by atoms with Crippen LogP contribution in [-0.2, 0) is 16.6 Å². The van der Waals surface area contributed by atoms with E-state index in [1.165, 1.54) is 29.8 Å². The van der Waals surface area contributed by atoms with Crippen LogP contribution < -0.4 is 14.8 Å². The van der Waals surface area contributed by atoms with Crippen LogP contribution >= 0.6 is 0 Å². The van der Waals surface area contributed by atoms with E-state index in [2.05, 4.69) is 16.1 Å². The molecule has 0 aliphatic carbocycles. The van der Waals surface area contributed by atoms with Crippen molar-refractivity contribution in [1.29, 1.82) is 0 Å². The van der Waals surface area contributed by atoms with Crippen molar-refractivity contribution in [1.82, 2.24) is 4.72 Å². The Kier molecular flexibility index (Phi) is 7.33. The summed E-state index contributed by atoms with van der Waals surface area (Å²) in [4.78, 5) is 12.7. The summed E-state index contributed by atoms with van der Waals surface area (Å²) in [6, 6.07) is 19.3. The summed E-state index contributed by atoms with van der Waals surface area (Å²) in [5, 5.41) is 2.87. The number of nitrogens with one attached hydrogen (secondary N) is 2. The van der Waals surface area contributed by atoms with Gasteiger partial charge in [-0.05, 0) is 81.3 Å². The normalized spacial score (nSPS) is 11.4. The summed E-state index contributed by atoms with van der Waals surface area (Å²) >= 11 is 0. The van der Waals surface area contributed by atoms with Crippen LogP contribution in [0.1, 0.15) is 40.9 Å². The molecule has 1 amide bonds. The molecule has 0 radical (unpaired) electrons. The molecule has 0 fully saturated rings. The third-order valence-corrected chi connectivity index (χ3v) is 6.43. The summed E-state index contributed by atoms with van der Waals surface area (Å²) in [7, 11) is -3.60. The van der Waals surface area contributed by atoms with Gasteiger partial charge in [-0.3, -0.25) is 4.79 Å². The lowest BCUT2D eigenvalue weighted by atomic mass is 10.1. The molecule has 3 aromatic rings. The van der Waals surface area contributed by atoms with E-state index in [0.717, 1.165) is 11.1 Å². The SMILES string of the molecule is Cc1cccc(COc2ccc(NC(=O)c3ccc(S(=O)(=O)NC(C)C)cc3)c(C)c2)c1. The van der Waals surface area contributed by atoms with Gasteiger partial charge >= 0.3 is 0 Å². The average molecular weight is 453 g/mol. The van der Waals surface area contributed by atoms with Gasteiger partial charge in [0.05, 0.1) is 4.90 Å². The van der Waals surface area contributed by atoms with E-state index in [4.69, 9.17) is 4.74 Å². The summed E-state index contributed by atoms with van der Waals surface area (Å²) in [6.45, 7) is 7.90. The first-order valence-electron chi connectivity index (χ1n) is 10.4. The van der Waals surface area contributed by atoms with Crippen molar-refractivity contribution >= 4 is 21.6 Å². The van der Waals surface area contributed by atoms with Gasteiger partial charge < -0.3 is 10.1 Å². The van der Waals surface area contributed by atoms with Crippen molar-refractivity contribution in [3.8, 4) is 5.75 Å². The highest BCUT2D eigenvalue weighted by atomic mass is 32.2. The minimum absolute atomic E-state index is 0.119. The largest absolute Gasteiger partial charge is 0.489 e. The second-order valence-corrected chi connectivity index (χ2v) is 9.72. The van der Waals surface area contributed by atoms with Gasteiger partial charge in [0.15, 0.2) is 0 Å². The zero-order valence-electron chi connectivity index (χ0n) is 18.7. The molecule has 0 aliphatic heterocycles. The fraction of sp³-hybridized carbons (Fsp3) is 0.240. The van der Waals surface area contributed by atoms with Crippen LogP contribution in [0.5, 0.6) is 5.75 Å². The van der Waals surface area contributed by atoms with Crippen LogP contribution in [0.3, 0.4) is 0 Å². The number of ether oxygens (including phenoxy) is 1. The van der Waals surface area contributed by atoms with Crippen LogP contribution in [0, 0.1) is 13.8 Å². The molecule has 168 valence electrons. The van der Waals surface area contributed by atoms with E-state index < -0.39 is 10.0 Å². The molecule has 0 atom stereocenters. The van der Waals surface area contributed by atoms with Gasteiger partial charge in [0.1, 0.15) is 12.4 Å². The minimum Gasteiger partial charge on any atom is -0.489 e. The van der Waals surface area contributed by atoms with Gasteiger partial charge in [-0.25, -0.2) is 13.1 Å². The van der Waals surface area contributed by atoms with Gasteiger partial charge in [0.25, 0.3) is 5.91 Å². The lowest BCUT2D eigenvalue weighted by Crippen LogP contribution is -2.30. The average Bonchev–Trinajstić information content (AvgIpc) is 2.73. The molecule has 0 saturated carbocycles. The Morgan fingerprint density at radius 2 is 1.69 bits per heavy atom. The second kappa shape index (κ2) is 9.97. The summed E-state index contributed by atoms with van der Waals surface area (Å²) in [6.07, 6.45) is 0. The van der Waals surface area contributed by atoms with Gasteiger partial charge in [0.2, 0.25) is 10.0 Å². The number of hydrogen-bond donors (Lipinski definition) is 2. The Morgan fingerprint density at radius 1 is 0.969 bits per heavy atom. The molecule has 0 saturated heterocycles. The van der Waals surface area contributed by atoms with E-state index >= 15 is 0 Å². The zero-order valence-corrected chi connectivity index (χ0v) is 19.5.